The third-order valence-electron chi connectivity index (χ3n) is 4.43. The van der Waals surface area contributed by atoms with E-state index in [2.05, 4.69) is 33.1 Å². The molecular formula is C23H18Cl3IN2O4. The molecule has 0 aliphatic rings. The average Bonchev–Trinajstić information content (AvgIpc) is 2.79. The summed E-state index contributed by atoms with van der Waals surface area (Å²) in [6.07, 6.45) is 1.45. The van der Waals surface area contributed by atoms with E-state index < -0.39 is 0 Å². The van der Waals surface area contributed by atoms with E-state index >= 15 is 0 Å². The number of carbonyl (C=O) groups is 1. The summed E-state index contributed by atoms with van der Waals surface area (Å²) in [5, 5.41) is 5.34. The fourth-order valence-electron chi connectivity index (χ4n) is 2.77. The molecule has 0 atom stereocenters. The Bertz CT molecular complexity index is 1200. The summed E-state index contributed by atoms with van der Waals surface area (Å²) >= 11 is 20.7. The van der Waals surface area contributed by atoms with Crippen molar-refractivity contribution < 1.29 is 19.0 Å². The maximum Gasteiger partial charge on any atom is 0.271 e. The molecule has 0 fully saturated rings. The zero-order chi connectivity index (χ0) is 24.0. The minimum absolute atomic E-state index is 0.176. The van der Waals surface area contributed by atoms with Crippen LogP contribution >= 0.6 is 57.4 Å². The number of nitrogens with one attached hydrogen (secondary N) is 1. The lowest BCUT2D eigenvalue weighted by molar-refractivity contribution is 0.0954. The first kappa shape index (κ1) is 25.4. The van der Waals surface area contributed by atoms with Crippen LogP contribution < -0.4 is 19.6 Å². The lowest BCUT2D eigenvalue weighted by atomic mass is 10.2. The number of carbonyl (C=O) groups excluding carboxylic acids is 1. The van der Waals surface area contributed by atoms with Crippen LogP contribution in [0.2, 0.25) is 15.1 Å². The number of amides is 1. The van der Waals surface area contributed by atoms with Crippen molar-refractivity contribution in [2.75, 3.05) is 14.2 Å². The molecule has 1 N–H and O–H groups in total. The van der Waals surface area contributed by atoms with Crippen LogP contribution in [-0.4, -0.2) is 26.3 Å². The molecule has 0 heterocycles. The van der Waals surface area contributed by atoms with Crippen LogP contribution in [-0.2, 0) is 6.61 Å². The Kier molecular flexibility index (Phi) is 9.08. The molecule has 0 saturated carbocycles. The van der Waals surface area contributed by atoms with Crippen molar-refractivity contribution in [1.82, 2.24) is 5.43 Å². The minimum atomic E-state index is -0.376. The van der Waals surface area contributed by atoms with Crippen molar-refractivity contribution in [3.63, 3.8) is 0 Å². The fraction of sp³-hybridized carbons (Fsp3) is 0.130. The van der Waals surface area contributed by atoms with Gasteiger partial charge in [-0.3, -0.25) is 4.79 Å². The third-order valence-corrected chi connectivity index (χ3v) is 6.19. The van der Waals surface area contributed by atoms with Crippen molar-refractivity contribution in [2.45, 2.75) is 6.61 Å². The van der Waals surface area contributed by atoms with Gasteiger partial charge in [-0.05, 0) is 70.6 Å². The first-order chi connectivity index (χ1) is 15.8. The summed E-state index contributed by atoms with van der Waals surface area (Å²) in [7, 11) is 3.05. The van der Waals surface area contributed by atoms with Crippen LogP contribution in [0.3, 0.4) is 0 Å². The minimum Gasteiger partial charge on any atom is -0.496 e. The molecule has 0 saturated heterocycles. The highest BCUT2D eigenvalue weighted by atomic mass is 127. The van der Waals surface area contributed by atoms with Crippen LogP contribution in [0.15, 0.2) is 53.6 Å². The van der Waals surface area contributed by atoms with Gasteiger partial charge >= 0.3 is 0 Å². The number of methoxy groups -OCH3 is 2. The van der Waals surface area contributed by atoms with E-state index in [1.54, 1.807) is 55.6 Å². The largest absolute Gasteiger partial charge is 0.496 e. The second kappa shape index (κ2) is 11.8. The van der Waals surface area contributed by atoms with Crippen molar-refractivity contribution >= 4 is 69.5 Å². The predicted octanol–water partition coefficient (Wildman–Crippen LogP) is 6.61. The molecule has 6 nitrogen and oxygen atoms in total. The van der Waals surface area contributed by atoms with E-state index in [1.807, 2.05) is 0 Å². The molecule has 3 aromatic rings. The van der Waals surface area contributed by atoms with E-state index in [0.717, 1.165) is 9.13 Å². The Morgan fingerprint density at radius 2 is 1.76 bits per heavy atom. The van der Waals surface area contributed by atoms with Gasteiger partial charge in [-0.1, -0.05) is 40.9 Å². The van der Waals surface area contributed by atoms with Gasteiger partial charge in [0, 0.05) is 21.2 Å². The predicted molar refractivity (Wildman–Crippen MR) is 140 cm³/mol. The molecule has 172 valence electrons. The third kappa shape index (κ3) is 6.66. The number of ether oxygens (including phenoxy) is 3. The van der Waals surface area contributed by atoms with Gasteiger partial charge in [-0.25, -0.2) is 5.43 Å². The second-order valence-corrected chi connectivity index (χ2v) is 9.02. The van der Waals surface area contributed by atoms with Crippen LogP contribution in [0, 0.1) is 3.57 Å². The smallest absolute Gasteiger partial charge is 0.271 e. The Morgan fingerprint density at radius 1 is 1.00 bits per heavy atom. The Balaban J connectivity index is 1.71. The van der Waals surface area contributed by atoms with Gasteiger partial charge in [-0.15, -0.1) is 0 Å². The van der Waals surface area contributed by atoms with E-state index in [4.69, 9.17) is 49.0 Å². The SMILES string of the molecule is COc1cc(C(=O)N/N=C\c2cc(Cl)c(OCc3ccc(Cl)cc3Cl)c(OC)c2)ccc1I. The zero-order valence-electron chi connectivity index (χ0n) is 17.5. The lowest BCUT2D eigenvalue weighted by Crippen LogP contribution is -2.17. The highest BCUT2D eigenvalue weighted by Gasteiger charge is 2.13. The van der Waals surface area contributed by atoms with Crippen molar-refractivity contribution in [1.29, 1.82) is 0 Å². The van der Waals surface area contributed by atoms with E-state index in [0.29, 0.717) is 43.4 Å². The van der Waals surface area contributed by atoms with E-state index in [1.165, 1.54) is 13.3 Å². The normalized spacial score (nSPS) is 10.8. The van der Waals surface area contributed by atoms with Gasteiger partial charge in [0.05, 0.1) is 29.0 Å². The number of halogens is 4. The topological polar surface area (TPSA) is 69.2 Å². The molecule has 3 aromatic carbocycles. The maximum absolute atomic E-state index is 12.4. The van der Waals surface area contributed by atoms with Crippen LogP contribution in [0.4, 0.5) is 0 Å². The summed E-state index contributed by atoms with van der Waals surface area (Å²) in [5.41, 5.74) is 4.26. The Labute approximate surface area is 219 Å². The first-order valence-electron chi connectivity index (χ1n) is 9.43. The summed E-state index contributed by atoms with van der Waals surface area (Å²) in [5.74, 6) is 0.998. The Hall–Kier alpha value is -2.20. The van der Waals surface area contributed by atoms with Gasteiger partial charge < -0.3 is 14.2 Å². The Morgan fingerprint density at radius 3 is 2.45 bits per heavy atom. The van der Waals surface area contributed by atoms with Crippen molar-refractivity contribution in [3.8, 4) is 17.2 Å². The second-order valence-electron chi connectivity index (χ2n) is 6.61. The zero-order valence-corrected chi connectivity index (χ0v) is 21.9. The van der Waals surface area contributed by atoms with Crippen LogP contribution in [0.5, 0.6) is 17.2 Å². The summed E-state index contributed by atoms with van der Waals surface area (Å²) < 4.78 is 17.4. The quantitative estimate of drug-likeness (QED) is 0.175. The molecular weight excluding hydrogens is 602 g/mol. The van der Waals surface area contributed by atoms with Gasteiger partial charge in [0.25, 0.3) is 5.91 Å². The summed E-state index contributed by atoms with van der Waals surface area (Å²) in [6, 6.07) is 13.6. The van der Waals surface area contributed by atoms with Crippen molar-refractivity contribution in [2.24, 2.45) is 5.10 Å². The van der Waals surface area contributed by atoms with Crippen LogP contribution in [0.1, 0.15) is 21.5 Å². The van der Waals surface area contributed by atoms with Gasteiger partial charge in [0.1, 0.15) is 12.4 Å². The van der Waals surface area contributed by atoms with Crippen molar-refractivity contribution in [3.05, 3.63) is 83.9 Å². The highest BCUT2D eigenvalue weighted by Crippen LogP contribution is 2.37. The van der Waals surface area contributed by atoms with Gasteiger partial charge in [-0.2, -0.15) is 5.10 Å². The molecule has 0 aliphatic heterocycles. The first-order valence-corrected chi connectivity index (χ1v) is 11.6. The molecule has 0 bridgehead atoms. The molecule has 3 rings (SSSR count). The number of benzene rings is 3. The molecule has 10 heteroatoms. The summed E-state index contributed by atoms with van der Waals surface area (Å²) in [4.78, 5) is 12.4. The summed E-state index contributed by atoms with van der Waals surface area (Å²) in [6.45, 7) is 0.176. The molecule has 0 unspecified atom stereocenters. The van der Waals surface area contributed by atoms with E-state index in [-0.39, 0.29) is 12.5 Å². The molecule has 1 amide bonds. The monoisotopic (exact) mass is 618 g/mol. The average molecular weight is 620 g/mol. The molecule has 33 heavy (non-hydrogen) atoms. The maximum atomic E-state index is 12.4. The number of hydrogen-bond donors (Lipinski definition) is 1. The van der Waals surface area contributed by atoms with E-state index in [9.17, 15) is 4.79 Å². The number of rotatable bonds is 8. The molecule has 0 radical (unpaired) electrons. The molecule has 0 aliphatic carbocycles. The molecule has 0 spiro atoms. The highest BCUT2D eigenvalue weighted by molar-refractivity contribution is 14.1. The number of hydrogen-bond acceptors (Lipinski definition) is 5. The molecule has 0 aromatic heterocycles. The standard InChI is InChI=1S/C23H18Cl3IN2O4/c1-31-20-9-14(4-6-19(20)27)23(30)29-28-11-13-7-18(26)22(21(8-13)32-2)33-12-15-3-5-16(24)10-17(15)25/h3-11H,12H2,1-2H3,(H,29,30)/b28-11-. The lowest BCUT2D eigenvalue weighted by Gasteiger charge is -2.14. The number of nitrogens with zero attached hydrogens (tertiary/aromatic N) is 1. The fourth-order valence-corrected chi connectivity index (χ4v) is 4.07. The van der Waals surface area contributed by atoms with Crippen LogP contribution in [0.25, 0.3) is 0 Å². The number of hydrazone groups is 1. The van der Waals surface area contributed by atoms with Gasteiger partial charge in [0.2, 0.25) is 0 Å². The van der Waals surface area contributed by atoms with Gasteiger partial charge in [0.15, 0.2) is 11.5 Å².